The quantitative estimate of drug-likeness (QED) is 0.206. The number of hydrogen-bond donors (Lipinski definition) is 4. The summed E-state index contributed by atoms with van der Waals surface area (Å²) in [6, 6.07) is 17.6. The molecule has 0 unspecified atom stereocenters. The molecule has 2 aromatic carbocycles. The van der Waals surface area contributed by atoms with Crippen LogP contribution in [0.25, 0.3) is 0 Å². The van der Waals surface area contributed by atoms with Gasteiger partial charge in [-0.25, -0.2) is 4.79 Å². The molecule has 3 amide bonds. The summed E-state index contributed by atoms with van der Waals surface area (Å²) < 4.78 is 5.47. The van der Waals surface area contributed by atoms with Gasteiger partial charge in [-0.1, -0.05) is 101 Å². The van der Waals surface area contributed by atoms with E-state index in [0.717, 1.165) is 11.1 Å². The molecule has 2 rings (SSSR count). The lowest BCUT2D eigenvalue weighted by Crippen LogP contribution is -2.58. The molecule has 250 valence electrons. The number of nitrogens with zero attached hydrogens (tertiary/aromatic N) is 1. The summed E-state index contributed by atoms with van der Waals surface area (Å²) >= 11 is 0. The molecular formula is C35H55N3O6Si. The van der Waals surface area contributed by atoms with Crippen LogP contribution < -0.4 is 10.6 Å². The van der Waals surface area contributed by atoms with Gasteiger partial charge in [0.25, 0.3) is 0 Å². The molecule has 0 fully saturated rings. The number of hydrogen-bond acceptors (Lipinski definition) is 6. The number of rotatable bonds is 14. The van der Waals surface area contributed by atoms with Crippen LogP contribution in [-0.2, 0) is 22.4 Å². The van der Waals surface area contributed by atoms with Gasteiger partial charge in [-0.15, -0.1) is 0 Å². The minimum absolute atomic E-state index is 0.0993. The zero-order valence-corrected chi connectivity index (χ0v) is 29.6. The van der Waals surface area contributed by atoms with Crippen LogP contribution in [-0.4, -0.2) is 83.7 Å². The molecule has 0 aromatic heterocycles. The Morgan fingerprint density at radius 3 is 1.56 bits per heavy atom. The number of ether oxygens (including phenoxy) is 1. The molecule has 0 spiro atoms. The van der Waals surface area contributed by atoms with Crippen molar-refractivity contribution < 1.29 is 29.3 Å². The molecule has 10 heteroatoms. The number of amides is 3. The second kappa shape index (κ2) is 16.4. The molecule has 0 heterocycles. The molecule has 0 aliphatic heterocycles. The fraction of sp³-hybridized carbons (Fsp3) is 0.571. The third kappa shape index (κ3) is 14.6. The zero-order valence-electron chi connectivity index (χ0n) is 28.6. The number of aliphatic hydroxyl groups excluding tert-OH is 2. The van der Waals surface area contributed by atoms with Crippen molar-refractivity contribution in [3.8, 4) is 0 Å². The molecule has 0 aliphatic rings. The molecule has 0 radical (unpaired) electrons. The van der Waals surface area contributed by atoms with Crippen LogP contribution in [0.4, 0.5) is 9.59 Å². The molecular weight excluding hydrogens is 586 g/mol. The summed E-state index contributed by atoms with van der Waals surface area (Å²) in [4.78, 5) is 41.1. The van der Waals surface area contributed by atoms with E-state index in [1.54, 1.807) is 20.8 Å². The Hall–Kier alpha value is -3.21. The SMILES string of the molecule is CC(C)(C)CC(=O)N[C@@H](Cc1ccccc1)[C@H](O)CN(C[C@@H](O)[C@H](Cc1ccccc1)NC(=O)OC(C)(C)C)C(=O)[Si](C)(C)C. The van der Waals surface area contributed by atoms with E-state index in [2.05, 4.69) is 10.6 Å². The fourth-order valence-electron chi connectivity index (χ4n) is 4.92. The first-order valence-electron chi connectivity index (χ1n) is 15.8. The Labute approximate surface area is 270 Å². The van der Waals surface area contributed by atoms with Crippen LogP contribution in [0.1, 0.15) is 59.1 Å². The molecule has 0 saturated heterocycles. The molecule has 0 saturated carbocycles. The number of nitrogens with one attached hydrogen (secondary N) is 2. The summed E-state index contributed by atoms with van der Waals surface area (Å²) in [5, 5.41) is 29.0. The van der Waals surface area contributed by atoms with Crippen LogP contribution >= 0.6 is 0 Å². The van der Waals surface area contributed by atoms with Gasteiger partial charge in [-0.3, -0.25) is 9.59 Å². The van der Waals surface area contributed by atoms with E-state index >= 15 is 0 Å². The first kappa shape index (κ1) is 38.0. The standard InChI is InChI=1S/C35H55N3O6Si/c1-34(2,3)22-31(41)36-27(20-25-16-12-10-13-17-25)29(39)23-38(33(43)45(7,8)9)24-30(40)28(21-26-18-14-11-15-19-26)37-32(42)44-35(4,5)6/h10-19,27-30,39-40H,20-24H2,1-9H3,(H,36,41)(H,37,42)/t27-,28-,29+,30+/m0/s1. The predicted molar refractivity (Wildman–Crippen MR) is 182 cm³/mol. The summed E-state index contributed by atoms with van der Waals surface area (Å²) in [6.45, 7) is 16.7. The van der Waals surface area contributed by atoms with Crippen molar-refractivity contribution in [3.63, 3.8) is 0 Å². The highest BCUT2D eigenvalue weighted by Gasteiger charge is 2.36. The zero-order chi connectivity index (χ0) is 34.0. The third-order valence-electron chi connectivity index (χ3n) is 7.01. The van der Waals surface area contributed by atoms with Crippen molar-refractivity contribution in [2.45, 2.75) is 110 Å². The van der Waals surface area contributed by atoms with Crippen LogP contribution in [0.2, 0.25) is 19.6 Å². The highest BCUT2D eigenvalue weighted by molar-refractivity contribution is 7.03. The van der Waals surface area contributed by atoms with E-state index in [9.17, 15) is 24.6 Å². The predicted octanol–water partition coefficient (Wildman–Crippen LogP) is 5.35. The maximum atomic E-state index is 13.8. The normalized spacial score (nSPS) is 14.9. The van der Waals surface area contributed by atoms with E-state index in [0.29, 0.717) is 12.8 Å². The van der Waals surface area contributed by atoms with Crippen molar-refractivity contribution in [3.05, 3.63) is 71.8 Å². The number of benzene rings is 2. The minimum Gasteiger partial charge on any atom is -0.444 e. The lowest BCUT2D eigenvalue weighted by Gasteiger charge is -2.36. The maximum absolute atomic E-state index is 13.8. The number of carbonyl (C=O) groups excluding carboxylic acids is 3. The van der Waals surface area contributed by atoms with E-state index < -0.39 is 44.1 Å². The van der Waals surface area contributed by atoms with Gasteiger partial charge >= 0.3 is 6.09 Å². The van der Waals surface area contributed by atoms with E-state index in [1.165, 1.54) is 4.90 Å². The van der Waals surface area contributed by atoms with Crippen LogP contribution in [0, 0.1) is 5.41 Å². The Kier molecular flexibility index (Phi) is 13.8. The number of alkyl carbamates (subject to hydrolysis) is 1. The topological polar surface area (TPSA) is 128 Å². The smallest absolute Gasteiger partial charge is 0.407 e. The Balaban J connectivity index is 2.36. The summed E-state index contributed by atoms with van der Waals surface area (Å²) in [6.07, 6.45) is -2.01. The Bertz CT molecular complexity index is 1140. The molecule has 9 nitrogen and oxygen atoms in total. The summed E-state index contributed by atoms with van der Waals surface area (Å²) in [5.74, 6) is -0.185. The van der Waals surface area contributed by atoms with E-state index in [1.807, 2.05) is 101 Å². The Morgan fingerprint density at radius 1 is 0.756 bits per heavy atom. The first-order valence-corrected chi connectivity index (χ1v) is 19.3. The van der Waals surface area contributed by atoms with Gasteiger partial charge in [0.2, 0.25) is 5.91 Å². The largest absolute Gasteiger partial charge is 0.444 e. The third-order valence-corrected chi connectivity index (χ3v) is 8.61. The molecule has 45 heavy (non-hydrogen) atoms. The monoisotopic (exact) mass is 641 g/mol. The highest BCUT2D eigenvalue weighted by atomic mass is 28.3. The Morgan fingerprint density at radius 2 is 1.18 bits per heavy atom. The van der Waals surface area contributed by atoms with Crippen LogP contribution in [0.5, 0.6) is 0 Å². The first-order chi connectivity index (χ1) is 20.7. The maximum Gasteiger partial charge on any atom is 0.407 e. The average molecular weight is 642 g/mol. The molecule has 4 atom stereocenters. The van der Waals surface area contributed by atoms with Gasteiger partial charge < -0.3 is 30.5 Å². The van der Waals surface area contributed by atoms with Gasteiger partial charge in [0.05, 0.1) is 24.3 Å². The van der Waals surface area contributed by atoms with Crippen LogP contribution in [0.15, 0.2) is 60.7 Å². The van der Waals surface area contributed by atoms with Crippen molar-refractivity contribution in [1.82, 2.24) is 15.5 Å². The van der Waals surface area contributed by atoms with Gasteiger partial charge in [0.1, 0.15) is 5.60 Å². The number of aliphatic hydroxyl groups is 2. The lowest BCUT2D eigenvalue weighted by atomic mass is 9.91. The minimum atomic E-state index is -2.44. The molecule has 4 N–H and O–H groups in total. The van der Waals surface area contributed by atoms with Gasteiger partial charge in [-0.2, -0.15) is 0 Å². The molecule has 2 aromatic rings. The van der Waals surface area contributed by atoms with Gasteiger partial charge in [0.15, 0.2) is 13.6 Å². The van der Waals surface area contributed by atoms with Crippen molar-refractivity contribution in [1.29, 1.82) is 0 Å². The van der Waals surface area contributed by atoms with Gasteiger partial charge in [-0.05, 0) is 50.2 Å². The highest BCUT2D eigenvalue weighted by Crippen LogP contribution is 2.20. The lowest BCUT2D eigenvalue weighted by molar-refractivity contribution is -0.124. The van der Waals surface area contributed by atoms with Crippen LogP contribution in [0.3, 0.4) is 0 Å². The van der Waals surface area contributed by atoms with Gasteiger partial charge in [0, 0.05) is 19.5 Å². The van der Waals surface area contributed by atoms with E-state index in [4.69, 9.17) is 4.74 Å². The van der Waals surface area contributed by atoms with Crippen molar-refractivity contribution in [2.75, 3.05) is 13.1 Å². The van der Waals surface area contributed by atoms with E-state index in [-0.39, 0.29) is 36.4 Å². The van der Waals surface area contributed by atoms with Crippen molar-refractivity contribution in [2.24, 2.45) is 5.41 Å². The summed E-state index contributed by atoms with van der Waals surface area (Å²) in [5.41, 5.74) is 0.707. The molecule has 0 aliphatic carbocycles. The molecule has 0 bridgehead atoms. The fourth-order valence-corrected chi connectivity index (χ4v) is 6.05. The second-order valence-electron chi connectivity index (χ2n) is 15.1. The second-order valence-corrected chi connectivity index (χ2v) is 20.1. The van der Waals surface area contributed by atoms with Crippen molar-refractivity contribution >= 4 is 25.6 Å². The average Bonchev–Trinajstić information content (AvgIpc) is 2.90. The number of carbonyl (C=O) groups is 3. The summed E-state index contributed by atoms with van der Waals surface area (Å²) in [7, 11) is -2.44.